The van der Waals surface area contributed by atoms with Crippen LogP contribution < -0.4 is 19.7 Å². The first-order valence-electron chi connectivity index (χ1n) is 10.7. The lowest BCUT2D eigenvalue weighted by Crippen LogP contribution is -2.33. The van der Waals surface area contributed by atoms with Gasteiger partial charge < -0.3 is 19.7 Å². The third-order valence-electron chi connectivity index (χ3n) is 5.86. The summed E-state index contributed by atoms with van der Waals surface area (Å²) in [7, 11) is 0. The van der Waals surface area contributed by atoms with Crippen LogP contribution in [-0.2, 0) is 4.79 Å². The Morgan fingerprint density at radius 2 is 1.97 bits per heavy atom. The van der Waals surface area contributed by atoms with Gasteiger partial charge in [0.2, 0.25) is 6.79 Å². The van der Waals surface area contributed by atoms with Crippen molar-refractivity contribution in [2.45, 2.75) is 19.8 Å². The summed E-state index contributed by atoms with van der Waals surface area (Å²) in [6.07, 6.45) is 3.69. The number of anilines is 1. The van der Waals surface area contributed by atoms with Crippen LogP contribution in [0.2, 0.25) is 0 Å². The van der Waals surface area contributed by atoms with Crippen LogP contribution in [0.3, 0.4) is 0 Å². The number of nitro groups is 1. The minimum Gasteiger partial charge on any atom is -0.454 e. The summed E-state index contributed by atoms with van der Waals surface area (Å²) in [5, 5.41) is 14.9. The van der Waals surface area contributed by atoms with Gasteiger partial charge in [-0.2, -0.15) is 0 Å². The molecule has 0 saturated carbocycles. The second-order valence-corrected chi connectivity index (χ2v) is 9.22. The summed E-state index contributed by atoms with van der Waals surface area (Å²) >= 11 is 1.19. The number of aliphatic imine (C=N–C) groups is 1. The first kappa shape index (κ1) is 21.3. The van der Waals surface area contributed by atoms with E-state index in [0.29, 0.717) is 44.4 Å². The molecule has 2 saturated heterocycles. The number of rotatable bonds is 4. The van der Waals surface area contributed by atoms with Crippen LogP contribution in [-0.4, -0.2) is 35.9 Å². The van der Waals surface area contributed by atoms with Crippen molar-refractivity contribution in [3.63, 3.8) is 0 Å². The smallest absolute Gasteiger partial charge is 0.293 e. The zero-order chi connectivity index (χ0) is 22.9. The molecule has 2 aromatic rings. The Morgan fingerprint density at radius 1 is 1.18 bits per heavy atom. The highest BCUT2D eigenvalue weighted by molar-refractivity contribution is 8.18. The summed E-state index contributed by atoms with van der Waals surface area (Å²) in [5.74, 6) is 1.61. The second kappa shape index (κ2) is 8.78. The van der Waals surface area contributed by atoms with Crippen molar-refractivity contribution in [2.24, 2.45) is 10.9 Å². The Balaban J connectivity index is 1.37. The third kappa shape index (κ3) is 4.51. The van der Waals surface area contributed by atoms with E-state index in [0.717, 1.165) is 25.9 Å². The Hall–Kier alpha value is -3.53. The van der Waals surface area contributed by atoms with E-state index in [1.165, 1.54) is 17.8 Å². The fourth-order valence-corrected chi connectivity index (χ4v) is 4.84. The minimum absolute atomic E-state index is 0.0524. The number of hydrogen-bond acceptors (Lipinski definition) is 8. The molecule has 170 valence electrons. The number of nitro benzene ring substituents is 1. The third-order valence-corrected chi connectivity index (χ3v) is 6.77. The fraction of sp³-hybridized carbons (Fsp3) is 0.304. The molecule has 9 nitrogen and oxygen atoms in total. The zero-order valence-electron chi connectivity index (χ0n) is 17.9. The number of piperidine rings is 1. The highest BCUT2D eigenvalue weighted by Crippen LogP contribution is 2.37. The number of amidine groups is 1. The maximum Gasteiger partial charge on any atom is 0.293 e. The average Bonchev–Trinajstić information content (AvgIpc) is 3.40. The lowest BCUT2D eigenvalue weighted by molar-refractivity contribution is -0.384. The van der Waals surface area contributed by atoms with Crippen molar-refractivity contribution < 1.29 is 19.2 Å². The van der Waals surface area contributed by atoms with Crippen molar-refractivity contribution in [1.29, 1.82) is 0 Å². The molecule has 0 bridgehead atoms. The molecule has 2 aromatic carbocycles. The Morgan fingerprint density at radius 3 is 2.76 bits per heavy atom. The minimum atomic E-state index is -0.357. The summed E-state index contributed by atoms with van der Waals surface area (Å²) in [5.41, 5.74) is 1.90. The second-order valence-electron chi connectivity index (χ2n) is 8.19. The average molecular weight is 467 g/mol. The van der Waals surface area contributed by atoms with Gasteiger partial charge in [0, 0.05) is 25.2 Å². The number of carbonyl (C=O) groups is 1. The molecule has 1 N–H and O–H groups in total. The lowest BCUT2D eigenvalue weighted by atomic mass is 9.98. The molecule has 0 radical (unpaired) electrons. The monoisotopic (exact) mass is 466 g/mol. The van der Waals surface area contributed by atoms with Gasteiger partial charge in [-0.3, -0.25) is 14.9 Å². The molecular formula is C23H22N4O5S. The first-order valence-corrected chi connectivity index (χ1v) is 11.5. The number of carbonyl (C=O) groups excluding carboxylic acids is 1. The van der Waals surface area contributed by atoms with E-state index in [-0.39, 0.29) is 23.3 Å². The van der Waals surface area contributed by atoms with Crippen LogP contribution in [0.25, 0.3) is 6.08 Å². The van der Waals surface area contributed by atoms with Crippen LogP contribution >= 0.6 is 11.8 Å². The van der Waals surface area contributed by atoms with Gasteiger partial charge in [-0.1, -0.05) is 13.0 Å². The molecule has 5 rings (SSSR count). The molecule has 33 heavy (non-hydrogen) atoms. The summed E-state index contributed by atoms with van der Waals surface area (Å²) in [6, 6.07) is 10.4. The van der Waals surface area contributed by atoms with Gasteiger partial charge in [0.25, 0.3) is 11.6 Å². The number of ether oxygens (including phenoxy) is 2. The molecule has 3 aliphatic rings. The van der Waals surface area contributed by atoms with Crippen molar-refractivity contribution in [1.82, 2.24) is 5.32 Å². The molecule has 10 heteroatoms. The predicted octanol–water partition coefficient (Wildman–Crippen LogP) is 4.45. The molecule has 3 heterocycles. The van der Waals surface area contributed by atoms with E-state index in [1.807, 2.05) is 6.07 Å². The van der Waals surface area contributed by atoms with Crippen molar-refractivity contribution in [3.8, 4) is 11.5 Å². The summed E-state index contributed by atoms with van der Waals surface area (Å²) in [4.78, 5) is 30.8. The predicted molar refractivity (Wildman–Crippen MR) is 127 cm³/mol. The highest BCUT2D eigenvalue weighted by Gasteiger charge is 2.26. The van der Waals surface area contributed by atoms with Crippen molar-refractivity contribution >= 4 is 46.0 Å². The van der Waals surface area contributed by atoms with Gasteiger partial charge in [-0.25, -0.2) is 4.99 Å². The molecule has 0 unspecified atom stereocenters. The zero-order valence-corrected chi connectivity index (χ0v) is 18.8. The number of nitrogens with one attached hydrogen (secondary N) is 1. The molecule has 0 spiro atoms. The van der Waals surface area contributed by atoms with Crippen molar-refractivity contribution in [2.75, 3.05) is 24.8 Å². The van der Waals surface area contributed by atoms with Crippen LogP contribution in [0.4, 0.5) is 17.1 Å². The quantitative estimate of drug-likeness (QED) is 0.403. The first-order chi connectivity index (χ1) is 16.0. The number of thioether (sulfide) groups is 1. The number of fused-ring (bicyclic) bond motifs is 1. The van der Waals surface area contributed by atoms with E-state index < -0.39 is 0 Å². The SMILES string of the molecule is CC1CCN(c2ccc(/C=C3/SC(=Nc4ccc5c(c4)OCO5)NC3=O)cc2[N+](=O)[O-])CC1. The number of amides is 1. The molecular weight excluding hydrogens is 444 g/mol. The Bertz CT molecular complexity index is 1190. The van der Waals surface area contributed by atoms with E-state index in [1.54, 1.807) is 30.3 Å². The maximum absolute atomic E-state index is 12.5. The van der Waals surface area contributed by atoms with Gasteiger partial charge in [0.15, 0.2) is 16.7 Å². The normalized spacial score (nSPS) is 20.5. The Kier molecular flexibility index (Phi) is 5.67. The van der Waals surface area contributed by atoms with Crippen LogP contribution in [0.5, 0.6) is 11.5 Å². The Labute approximate surface area is 194 Å². The molecule has 0 atom stereocenters. The van der Waals surface area contributed by atoms with E-state index in [9.17, 15) is 14.9 Å². The maximum atomic E-state index is 12.5. The van der Waals surface area contributed by atoms with Gasteiger partial charge in [-0.05, 0) is 60.4 Å². The van der Waals surface area contributed by atoms with Crippen molar-refractivity contribution in [3.05, 3.63) is 57.0 Å². The van der Waals surface area contributed by atoms with Gasteiger partial charge in [0.1, 0.15) is 5.69 Å². The molecule has 1 amide bonds. The number of nitrogens with zero attached hydrogens (tertiary/aromatic N) is 3. The van der Waals surface area contributed by atoms with E-state index in [2.05, 4.69) is 22.1 Å². The summed E-state index contributed by atoms with van der Waals surface area (Å²) < 4.78 is 10.7. The van der Waals surface area contributed by atoms with Gasteiger partial charge in [0.05, 0.1) is 15.5 Å². The highest BCUT2D eigenvalue weighted by atomic mass is 32.2. The molecule has 3 aliphatic heterocycles. The fourth-order valence-electron chi connectivity index (χ4n) is 4.00. The van der Waals surface area contributed by atoms with E-state index >= 15 is 0 Å². The van der Waals surface area contributed by atoms with Gasteiger partial charge in [-0.15, -0.1) is 0 Å². The van der Waals surface area contributed by atoms with E-state index in [4.69, 9.17) is 9.47 Å². The van der Waals surface area contributed by atoms with Crippen LogP contribution in [0, 0.1) is 16.0 Å². The van der Waals surface area contributed by atoms with Gasteiger partial charge >= 0.3 is 0 Å². The number of hydrogen-bond donors (Lipinski definition) is 1. The standard InChI is InChI=1S/C23H22N4O5S/c1-14-6-8-26(9-7-14)17-4-2-15(10-18(17)27(29)30)11-21-22(28)25-23(33-21)24-16-3-5-19-20(12-16)32-13-31-19/h2-5,10-12,14H,6-9,13H2,1H3,(H,24,25,28)/b21-11+. The summed E-state index contributed by atoms with van der Waals surface area (Å²) in [6.45, 7) is 3.99. The largest absolute Gasteiger partial charge is 0.454 e. The molecule has 0 aromatic heterocycles. The molecule has 0 aliphatic carbocycles. The lowest BCUT2D eigenvalue weighted by Gasteiger charge is -2.31. The topological polar surface area (TPSA) is 106 Å². The number of benzene rings is 2. The molecule has 2 fully saturated rings. The van der Waals surface area contributed by atoms with Crippen LogP contribution in [0.15, 0.2) is 46.3 Å². The van der Waals surface area contributed by atoms with Crippen LogP contribution in [0.1, 0.15) is 25.3 Å².